The van der Waals surface area contributed by atoms with Gasteiger partial charge in [-0.1, -0.05) is 41.9 Å². The van der Waals surface area contributed by atoms with Gasteiger partial charge in [-0.25, -0.2) is 0 Å². The van der Waals surface area contributed by atoms with Crippen LogP contribution >= 0.6 is 11.6 Å². The Kier molecular flexibility index (Phi) is 5.05. The molecule has 0 saturated heterocycles. The second kappa shape index (κ2) is 7.40. The molecule has 0 fully saturated rings. The smallest absolute Gasteiger partial charge is 0.228 e. The first-order chi connectivity index (χ1) is 12.1. The van der Waals surface area contributed by atoms with Crippen molar-refractivity contribution >= 4 is 23.2 Å². The van der Waals surface area contributed by atoms with Gasteiger partial charge in [-0.15, -0.1) is 0 Å². The van der Waals surface area contributed by atoms with Gasteiger partial charge in [0.2, 0.25) is 5.91 Å². The van der Waals surface area contributed by atoms with E-state index in [1.165, 1.54) is 0 Å². The first kappa shape index (κ1) is 17.0. The SMILES string of the molecule is COc1ccc(CC(=O)Nc2c(-c3ccccc3Cl)n[nH]c2C)cc1. The van der Waals surface area contributed by atoms with E-state index in [9.17, 15) is 4.79 Å². The van der Waals surface area contributed by atoms with Crippen LogP contribution in [0.25, 0.3) is 11.3 Å². The number of rotatable bonds is 5. The number of halogens is 1. The van der Waals surface area contributed by atoms with Crippen LogP contribution in [0.2, 0.25) is 5.02 Å². The average molecular weight is 356 g/mol. The lowest BCUT2D eigenvalue weighted by molar-refractivity contribution is -0.115. The highest BCUT2D eigenvalue weighted by atomic mass is 35.5. The Morgan fingerprint density at radius 3 is 2.60 bits per heavy atom. The van der Waals surface area contributed by atoms with E-state index in [-0.39, 0.29) is 12.3 Å². The molecule has 0 atom stereocenters. The molecule has 0 bridgehead atoms. The van der Waals surface area contributed by atoms with Crippen molar-refractivity contribution in [3.05, 3.63) is 64.8 Å². The zero-order valence-corrected chi connectivity index (χ0v) is 14.7. The Labute approximate surface area is 151 Å². The Morgan fingerprint density at radius 1 is 1.20 bits per heavy atom. The van der Waals surface area contributed by atoms with Gasteiger partial charge in [-0.2, -0.15) is 5.10 Å². The minimum absolute atomic E-state index is 0.122. The van der Waals surface area contributed by atoms with Crippen molar-refractivity contribution in [1.29, 1.82) is 0 Å². The van der Waals surface area contributed by atoms with Crippen molar-refractivity contribution in [1.82, 2.24) is 10.2 Å². The number of benzene rings is 2. The molecule has 0 aliphatic rings. The number of aromatic nitrogens is 2. The zero-order chi connectivity index (χ0) is 17.8. The fourth-order valence-electron chi connectivity index (χ4n) is 2.54. The van der Waals surface area contributed by atoms with E-state index >= 15 is 0 Å². The third kappa shape index (κ3) is 3.83. The monoisotopic (exact) mass is 355 g/mol. The second-order valence-corrected chi connectivity index (χ2v) is 6.03. The highest BCUT2D eigenvalue weighted by Gasteiger charge is 2.17. The maximum Gasteiger partial charge on any atom is 0.228 e. The molecule has 128 valence electrons. The minimum Gasteiger partial charge on any atom is -0.497 e. The van der Waals surface area contributed by atoms with E-state index < -0.39 is 0 Å². The summed E-state index contributed by atoms with van der Waals surface area (Å²) in [7, 11) is 1.61. The molecule has 2 N–H and O–H groups in total. The highest BCUT2D eigenvalue weighted by Crippen LogP contribution is 2.33. The molecule has 1 heterocycles. The summed E-state index contributed by atoms with van der Waals surface area (Å²) < 4.78 is 5.13. The van der Waals surface area contributed by atoms with Gasteiger partial charge in [0.25, 0.3) is 0 Å². The molecule has 0 spiro atoms. The van der Waals surface area contributed by atoms with Gasteiger partial charge in [0.1, 0.15) is 11.4 Å². The van der Waals surface area contributed by atoms with Gasteiger partial charge in [-0.05, 0) is 30.7 Å². The molecule has 0 aliphatic carbocycles. The van der Waals surface area contributed by atoms with Crippen LogP contribution in [0.5, 0.6) is 5.75 Å². The average Bonchev–Trinajstić information content (AvgIpc) is 2.96. The number of H-pyrrole nitrogens is 1. The van der Waals surface area contributed by atoms with Crippen molar-refractivity contribution in [2.75, 3.05) is 12.4 Å². The number of hydrogen-bond donors (Lipinski definition) is 2. The lowest BCUT2D eigenvalue weighted by Gasteiger charge is -2.08. The van der Waals surface area contributed by atoms with Gasteiger partial charge >= 0.3 is 0 Å². The minimum atomic E-state index is -0.122. The fraction of sp³-hybridized carbons (Fsp3) is 0.158. The molecule has 5 nitrogen and oxygen atoms in total. The summed E-state index contributed by atoms with van der Waals surface area (Å²) in [5, 5.41) is 10.7. The highest BCUT2D eigenvalue weighted by molar-refractivity contribution is 6.33. The number of ether oxygens (including phenoxy) is 1. The number of carbonyl (C=O) groups is 1. The van der Waals surface area contributed by atoms with Gasteiger partial charge in [0.05, 0.1) is 29.9 Å². The Hall–Kier alpha value is -2.79. The van der Waals surface area contributed by atoms with E-state index in [1.807, 2.05) is 49.4 Å². The zero-order valence-electron chi connectivity index (χ0n) is 14.0. The van der Waals surface area contributed by atoms with Crippen LogP contribution in [0.15, 0.2) is 48.5 Å². The second-order valence-electron chi connectivity index (χ2n) is 5.63. The van der Waals surface area contributed by atoms with E-state index in [4.69, 9.17) is 16.3 Å². The number of hydrogen-bond acceptors (Lipinski definition) is 3. The third-order valence-electron chi connectivity index (χ3n) is 3.86. The molecule has 1 aromatic heterocycles. The van der Waals surface area contributed by atoms with E-state index in [2.05, 4.69) is 15.5 Å². The topological polar surface area (TPSA) is 67.0 Å². The van der Waals surface area contributed by atoms with Crippen LogP contribution in [0.4, 0.5) is 5.69 Å². The molecule has 0 aliphatic heterocycles. The summed E-state index contributed by atoms with van der Waals surface area (Å²) in [5.74, 6) is 0.638. The fourth-order valence-corrected chi connectivity index (χ4v) is 2.77. The van der Waals surface area contributed by atoms with Crippen LogP contribution in [-0.2, 0) is 11.2 Å². The predicted molar refractivity (Wildman–Crippen MR) is 99.1 cm³/mol. The molecule has 1 amide bonds. The van der Waals surface area contributed by atoms with Crippen LogP contribution < -0.4 is 10.1 Å². The van der Waals surface area contributed by atoms with Gasteiger partial charge < -0.3 is 10.1 Å². The van der Waals surface area contributed by atoms with Crippen molar-refractivity contribution < 1.29 is 9.53 Å². The van der Waals surface area contributed by atoms with E-state index in [0.717, 1.165) is 22.6 Å². The molecule has 0 saturated carbocycles. The molecule has 0 unspecified atom stereocenters. The summed E-state index contributed by atoms with van der Waals surface area (Å²) in [4.78, 5) is 12.4. The van der Waals surface area contributed by atoms with Crippen molar-refractivity contribution in [2.24, 2.45) is 0 Å². The third-order valence-corrected chi connectivity index (χ3v) is 4.19. The Bertz CT molecular complexity index is 888. The number of methoxy groups -OCH3 is 1. The number of aromatic amines is 1. The number of aryl methyl sites for hydroxylation is 1. The number of nitrogens with one attached hydrogen (secondary N) is 2. The number of carbonyl (C=O) groups excluding carboxylic acids is 1. The van der Waals surface area contributed by atoms with Crippen LogP contribution in [0.1, 0.15) is 11.3 Å². The summed E-state index contributed by atoms with van der Waals surface area (Å²) in [5.41, 5.74) is 3.72. The lowest BCUT2D eigenvalue weighted by atomic mass is 10.1. The van der Waals surface area contributed by atoms with E-state index in [0.29, 0.717) is 16.4 Å². The molecule has 3 rings (SSSR count). The largest absolute Gasteiger partial charge is 0.497 e. The normalized spacial score (nSPS) is 10.5. The van der Waals surface area contributed by atoms with Crippen LogP contribution in [0, 0.1) is 6.92 Å². The molecule has 2 aromatic carbocycles. The molecule has 3 aromatic rings. The first-order valence-corrected chi connectivity index (χ1v) is 8.19. The van der Waals surface area contributed by atoms with E-state index in [1.54, 1.807) is 13.2 Å². The quantitative estimate of drug-likeness (QED) is 0.719. The maximum absolute atomic E-state index is 12.4. The van der Waals surface area contributed by atoms with Gasteiger partial charge in [-0.3, -0.25) is 9.89 Å². The van der Waals surface area contributed by atoms with Crippen LogP contribution in [-0.4, -0.2) is 23.2 Å². The first-order valence-electron chi connectivity index (χ1n) is 7.81. The summed E-state index contributed by atoms with van der Waals surface area (Å²) in [6.07, 6.45) is 0.260. The predicted octanol–water partition coefficient (Wildman–Crippen LogP) is 4.23. The lowest BCUT2D eigenvalue weighted by Crippen LogP contribution is -2.15. The summed E-state index contributed by atoms with van der Waals surface area (Å²) >= 11 is 6.26. The maximum atomic E-state index is 12.4. The number of nitrogens with zero attached hydrogens (tertiary/aromatic N) is 1. The van der Waals surface area contributed by atoms with Crippen molar-refractivity contribution in [2.45, 2.75) is 13.3 Å². The van der Waals surface area contributed by atoms with Crippen LogP contribution in [0.3, 0.4) is 0 Å². The molecular weight excluding hydrogens is 338 g/mol. The summed E-state index contributed by atoms with van der Waals surface area (Å²) in [6.45, 7) is 1.86. The summed E-state index contributed by atoms with van der Waals surface area (Å²) in [6, 6.07) is 14.8. The molecule has 0 radical (unpaired) electrons. The van der Waals surface area contributed by atoms with Gasteiger partial charge in [0.15, 0.2) is 0 Å². The molecular formula is C19H18ClN3O2. The van der Waals surface area contributed by atoms with Crippen molar-refractivity contribution in [3.63, 3.8) is 0 Å². The van der Waals surface area contributed by atoms with Crippen molar-refractivity contribution in [3.8, 4) is 17.0 Å². The standard InChI is InChI=1S/C19H18ClN3O2/c1-12-18(19(23-22-12)15-5-3-4-6-16(15)20)21-17(24)11-13-7-9-14(25-2)10-8-13/h3-10H,11H2,1-2H3,(H,21,24)(H,22,23). The molecule has 25 heavy (non-hydrogen) atoms. The number of amides is 1. The van der Waals surface area contributed by atoms with Gasteiger partial charge in [0, 0.05) is 5.56 Å². The number of anilines is 1. The Morgan fingerprint density at radius 2 is 1.92 bits per heavy atom. The Balaban J connectivity index is 1.79. The molecule has 6 heteroatoms.